The van der Waals surface area contributed by atoms with E-state index in [9.17, 15) is 4.79 Å². The number of nitriles is 1. The molecular formula is C14H8BrClN2O2. The highest BCUT2D eigenvalue weighted by atomic mass is 79.9. The fourth-order valence-corrected chi connectivity index (χ4v) is 1.95. The van der Waals surface area contributed by atoms with E-state index in [1.165, 1.54) is 6.08 Å². The Hall–Kier alpha value is -2.03. The maximum atomic E-state index is 12.0. The van der Waals surface area contributed by atoms with Gasteiger partial charge in [0, 0.05) is 6.08 Å². The molecule has 0 saturated carbocycles. The van der Waals surface area contributed by atoms with Gasteiger partial charge in [0.1, 0.15) is 17.4 Å². The first kappa shape index (κ1) is 14.4. The summed E-state index contributed by atoms with van der Waals surface area (Å²) in [5.74, 6) is -0.143. The van der Waals surface area contributed by atoms with Crippen LogP contribution in [0, 0.1) is 11.3 Å². The maximum Gasteiger partial charge on any atom is 0.266 e. The topological polar surface area (TPSA) is 66.0 Å². The van der Waals surface area contributed by atoms with Crippen LogP contribution in [0.15, 0.2) is 51.1 Å². The van der Waals surface area contributed by atoms with Gasteiger partial charge in [-0.25, -0.2) is 0 Å². The van der Waals surface area contributed by atoms with Crippen LogP contribution in [-0.4, -0.2) is 5.91 Å². The van der Waals surface area contributed by atoms with Crippen molar-refractivity contribution in [2.45, 2.75) is 0 Å². The molecule has 0 fully saturated rings. The number of carbonyl (C=O) groups is 1. The molecule has 0 spiro atoms. The molecule has 2 rings (SSSR count). The van der Waals surface area contributed by atoms with Gasteiger partial charge in [-0.3, -0.25) is 4.79 Å². The van der Waals surface area contributed by atoms with E-state index in [4.69, 9.17) is 21.3 Å². The van der Waals surface area contributed by atoms with Crippen LogP contribution in [0.5, 0.6) is 0 Å². The molecule has 1 amide bonds. The van der Waals surface area contributed by atoms with Gasteiger partial charge in [-0.15, -0.1) is 0 Å². The Morgan fingerprint density at radius 1 is 1.35 bits per heavy atom. The highest BCUT2D eigenvalue weighted by Crippen LogP contribution is 2.22. The number of nitrogens with zero attached hydrogens (tertiary/aromatic N) is 1. The number of hydrogen-bond acceptors (Lipinski definition) is 3. The summed E-state index contributed by atoms with van der Waals surface area (Å²) in [5, 5.41) is 12.0. The van der Waals surface area contributed by atoms with Gasteiger partial charge >= 0.3 is 0 Å². The largest absolute Gasteiger partial charge is 0.450 e. The number of carbonyl (C=O) groups excluding carboxylic acids is 1. The third-order valence-corrected chi connectivity index (χ3v) is 3.12. The van der Waals surface area contributed by atoms with E-state index >= 15 is 0 Å². The van der Waals surface area contributed by atoms with Gasteiger partial charge in [0.2, 0.25) is 0 Å². The van der Waals surface area contributed by atoms with Gasteiger partial charge in [0.25, 0.3) is 5.91 Å². The predicted octanol–water partition coefficient (Wildman–Crippen LogP) is 4.24. The van der Waals surface area contributed by atoms with Crippen molar-refractivity contribution >= 4 is 45.2 Å². The molecule has 1 aromatic carbocycles. The van der Waals surface area contributed by atoms with Gasteiger partial charge in [0.15, 0.2) is 4.67 Å². The monoisotopic (exact) mass is 350 g/mol. The van der Waals surface area contributed by atoms with E-state index < -0.39 is 5.91 Å². The molecule has 20 heavy (non-hydrogen) atoms. The smallest absolute Gasteiger partial charge is 0.266 e. The van der Waals surface area contributed by atoms with E-state index in [2.05, 4.69) is 21.2 Å². The van der Waals surface area contributed by atoms with Crippen molar-refractivity contribution in [3.8, 4) is 6.07 Å². The van der Waals surface area contributed by atoms with E-state index in [1.807, 2.05) is 6.07 Å². The lowest BCUT2D eigenvalue weighted by molar-refractivity contribution is -0.112. The summed E-state index contributed by atoms with van der Waals surface area (Å²) in [6.07, 6.45) is 1.36. The van der Waals surface area contributed by atoms with Gasteiger partial charge in [0.05, 0.1) is 10.7 Å². The van der Waals surface area contributed by atoms with Gasteiger partial charge in [-0.1, -0.05) is 23.7 Å². The number of nitrogens with one attached hydrogen (secondary N) is 1. The molecule has 6 heteroatoms. The molecule has 0 aliphatic rings. The Balaban J connectivity index is 2.21. The molecule has 1 heterocycles. The number of halogens is 2. The molecular weight excluding hydrogens is 344 g/mol. The number of benzene rings is 1. The molecule has 0 radical (unpaired) electrons. The van der Waals surface area contributed by atoms with Crippen LogP contribution in [0.3, 0.4) is 0 Å². The molecule has 0 saturated heterocycles. The van der Waals surface area contributed by atoms with Crippen molar-refractivity contribution in [3.63, 3.8) is 0 Å². The van der Waals surface area contributed by atoms with Crippen LogP contribution < -0.4 is 5.32 Å². The predicted molar refractivity (Wildman–Crippen MR) is 80.1 cm³/mol. The highest BCUT2D eigenvalue weighted by molar-refractivity contribution is 9.10. The number of rotatable bonds is 3. The first-order valence-electron chi connectivity index (χ1n) is 5.53. The standard InChI is InChI=1S/C14H8BrClN2O2/c15-13-6-5-10(20-13)7-9(8-17)14(19)18-12-4-2-1-3-11(12)16/h1-7H,(H,18,19)/b9-7+. The number of anilines is 1. The number of hydrogen-bond donors (Lipinski definition) is 1. The fraction of sp³-hybridized carbons (Fsp3) is 0. The van der Waals surface area contributed by atoms with Crippen molar-refractivity contribution in [1.29, 1.82) is 5.26 Å². The van der Waals surface area contributed by atoms with Gasteiger partial charge < -0.3 is 9.73 Å². The average molecular weight is 352 g/mol. The quantitative estimate of drug-likeness (QED) is 0.664. The second-order valence-electron chi connectivity index (χ2n) is 3.75. The lowest BCUT2D eigenvalue weighted by Gasteiger charge is -2.05. The summed E-state index contributed by atoms with van der Waals surface area (Å²) >= 11 is 9.09. The SMILES string of the molecule is N#C/C(=C\c1ccc(Br)o1)C(=O)Nc1ccccc1Cl. The molecule has 100 valence electrons. The summed E-state index contributed by atoms with van der Waals surface area (Å²) in [6, 6.07) is 11.9. The molecule has 1 aromatic heterocycles. The van der Waals surface area contributed by atoms with E-state index in [1.54, 1.807) is 36.4 Å². The Morgan fingerprint density at radius 3 is 2.70 bits per heavy atom. The van der Waals surface area contributed by atoms with Crippen molar-refractivity contribution in [2.75, 3.05) is 5.32 Å². The van der Waals surface area contributed by atoms with E-state index in [0.717, 1.165) is 0 Å². The Labute approximate surface area is 128 Å². The van der Waals surface area contributed by atoms with Crippen molar-refractivity contribution < 1.29 is 9.21 Å². The van der Waals surface area contributed by atoms with Crippen LogP contribution >= 0.6 is 27.5 Å². The Kier molecular flexibility index (Phi) is 4.61. The molecule has 0 aliphatic carbocycles. The number of amides is 1. The minimum absolute atomic E-state index is 0.0771. The lowest BCUT2D eigenvalue weighted by Crippen LogP contribution is -2.13. The zero-order valence-electron chi connectivity index (χ0n) is 10.1. The first-order valence-corrected chi connectivity index (χ1v) is 6.70. The van der Waals surface area contributed by atoms with Crippen molar-refractivity contribution in [1.82, 2.24) is 0 Å². The van der Waals surface area contributed by atoms with Gasteiger partial charge in [-0.2, -0.15) is 5.26 Å². The summed E-state index contributed by atoms with van der Waals surface area (Å²) in [6.45, 7) is 0. The van der Waals surface area contributed by atoms with Crippen LogP contribution in [0.1, 0.15) is 5.76 Å². The van der Waals surface area contributed by atoms with E-state index in [-0.39, 0.29) is 5.57 Å². The van der Waals surface area contributed by atoms with Gasteiger partial charge in [-0.05, 0) is 40.2 Å². The Bertz CT molecular complexity index is 716. The maximum absolute atomic E-state index is 12.0. The Morgan fingerprint density at radius 2 is 2.10 bits per heavy atom. The van der Waals surface area contributed by atoms with Crippen molar-refractivity contribution in [3.05, 3.63) is 57.4 Å². The van der Waals surface area contributed by atoms with Crippen LogP contribution in [0.4, 0.5) is 5.69 Å². The second-order valence-corrected chi connectivity index (χ2v) is 4.93. The lowest BCUT2D eigenvalue weighted by atomic mass is 10.2. The minimum atomic E-state index is -0.548. The van der Waals surface area contributed by atoms with E-state index in [0.29, 0.717) is 21.1 Å². The first-order chi connectivity index (χ1) is 9.60. The molecule has 4 nitrogen and oxygen atoms in total. The molecule has 0 unspecified atom stereocenters. The van der Waals surface area contributed by atoms with Crippen LogP contribution in [-0.2, 0) is 4.79 Å². The molecule has 0 bridgehead atoms. The molecule has 0 aliphatic heterocycles. The fourth-order valence-electron chi connectivity index (χ4n) is 1.45. The molecule has 0 atom stereocenters. The van der Waals surface area contributed by atoms with Crippen molar-refractivity contribution in [2.24, 2.45) is 0 Å². The third kappa shape index (κ3) is 3.50. The summed E-state index contributed by atoms with van der Waals surface area (Å²) in [4.78, 5) is 12.0. The molecule has 1 N–H and O–H groups in total. The summed E-state index contributed by atoms with van der Waals surface area (Å²) in [5.41, 5.74) is 0.368. The number of furan rings is 1. The van der Waals surface area contributed by atoms with Crippen LogP contribution in [0.2, 0.25) is 5.02 Å². The zero-order valence-corrected chi connectivity index (χ0v) is 12.4. The second kappa shape index (κ2) is 6.42. The van der Waals surface area contributed by atoms with Crippen LogP contribution in [0.25, 0.3) is 6.08 Å². The molecule has 2 aromatic rings. The summed E-state index contributed by atoms with van der Waals surface area (Å²) in [7, 11) is 0. The zero-order chi connectivity index (χ0) is 14.5. The normalized spacial score (nSPS) is 10.9. The minimum Gasteiger partial charge on any atom is -0.450 e. The highest BCUT2D eigenvalue weighted by Gasteiger charge is 2.12. The average Bonchev–Trinajstić information content (AvgIpc) is 2.84. The third-order valence-electron chi connectivity index (χ3n) is 2.37. The summed E-state index contributed by atoms with van der Waals surface area (Å²) < 4.78 is 5.74. The number of para-hydroxylation sites is 1.